The van der Waals surface area contributed by atoms with Gasteiger partial charge in [-0.05, 0) is 49.6 Å². The van der Waals surface area contributed by atoms with Gasteiger partial charge in [-0.3, -0.25) is 0 Å². The van der Waals surface area contributed by atoms with Crippen molar-refractivity contribution < 1.29 is 9.47 Å². The molecule has 3 heteroatoms. The second-order valence-electron chi connectivity index (χ2n) is 3.79. The number of allylic oxidation sites excluding steroid dienone is 1. The lowest BCUT2D eigenvalue weighted by molar-refractivity contribution is 0.308. The summed E-state index contributed by atoms with van der Waals surface area (Å²) < 4.78 is 10.9. The minimum absolute atomic E-state index is 0.607. The van der Waals surface area contributed by atoms with Gasteiger partial charge in [0.15, 0.2) is 0 Å². The number of hydrogen-bond acceptors (Lipinski definition) is 3. The van der Waals surface area contributed by atoms with E-state index in [4.69, 9.17) is 15.2 Å². The summed E-state index contributed by atoms with van der Waals surface area (Å²) in [6.07, 6.45) is 4.66. The smallest absolute Gasteiger partial charge is 0.122 e. The van der Waals surface area contributed by atoms with Crippen LogP contribution in [0.1, 0.15) is 18.4 Å². The maximum Gasteiger partial charge on any atom is 0.122 e. The first-order chi connectivity index (χ1) is 8.31. The standard InChI is InChI=1S/C14H21NO2/c1-3-4-5-10-17-14-7-6-13(16-2)11-12(14)8-9-15/h3,6-7,11H,1,4-5,8-10,15H2,2H3. The summed E-state index contributed by atoms with van der Waals surface area (Å²) >= 11 is 0. The minimum Gasteiger partial charge on any atom is -0.497 e. The topological polar surface area (TPSA) is 44.5 Å². The lowest BCUT2D eigenvalue weighted by Gasteiger charge is -2.12. The maximum atomic E-state index is 5.73. The van der Waals surface area contributed by atoms with E-state index in [1.54, 1.807) is 7.11 Å². The lowest BCUT2D eigenvalue weighted by atomic mass is 10.1. The van der Waals surface area contributed by atoms with Crippen molar-refractivity contribution in [3.8, 4) is 11.5 Å². The van der Waals surface area contributed by atoms with Crippen molar-refractivity contribution in [1.29, 1.82) is 0 Å². The van der Waals surface area contributed by atoms with Crippen LogP contribution in [0.5, 0.6) is 11.5 Å². The molecule has 1 rings (SSSR count). The molecule has 2 N–H and O–H groups in total. The van der Waals surface area contributed by atoms with Crippen molar-refractivity contribution >= 4 is 0 Å². The molecule has 0 fully saturated rings. The van der Waals surface area contributed by atoms with Gasteiger partial charge in [0.1, 0.15) is 11.5 Å². The van der Waals surface area contributed by atoms with Crippen LogP contribution in [-0.4, -0.2) is 20.3 Å². The van der Waals surface area contributed by atoms with Gasteiger partial charge in [-0.2, -0.15) is 0 Å². The second kappa shape index (κ2) is 7.74. The fourth-order valence-electron chi connectivity index (χ4n) is 1.58. The van der Waals surface area contributed by atoms with Gasteiger partial charge in [-0.15, -0.1) is 6.58 Å². The van der Waals surface area contributed by atoms with Crippen LogP contribution < -0.4 is 15.2 Å². The molecule has 3 nitrogen and oxygen atoms in total. The number of hydrogen-bond donors (Lipinski definition) is 1. The predicted molar refractivity (Wildman–Crippen MR) is 70.7 cm³/mol. The summed E-state index contributed by atoms with van der Waals surface area (Å²) in [5.41, 5.74) is 6.69. The van der Waals surface area contributed by atoms with Crippen LogP contribution in [0.2, 0.25) is 0 Å². The minimum atomic E-state index is 0.607. The second-order valence-corrected chi connectivity index (χ2v) is 3.79. The van der Waals surface area contributed by atoms with E-state index < -0.39 is 0 Å². The number of benzene rings is 1. The van der Waals surface area contributed by atoms with Crippen LogP contribution in [0.4, 0.5) is 0 Å². The molecule has 0 aromatic heterocycles. The summed E-state index contributed by atoms with van der Waals surface area (Å²) in [5, 5.41) is 0. The van der Waals surface area contributed by atoms with Crippen LogP contribution >= 0.6 is 0 Å². The lowest BCUT2D eigenvalue weighted by Crippen LogP contribution is -2.06. The monoisotopic (exact) mass is 235 g/mol. The van der Waals surface area contributed by atoms with Gasteiger partial charge in [-0.25, -0.2) is 0 Å². The summed E-state index contributed by atoms with van der Waals surface area (Å²) in [5.74, 6) is 1.74. The van der Waals surface area contributed by atoms with Gasteiger partial charge in [-0.1, -0.05) is 6.08 Å². The predicted octanol–water partition coefficient (Wildman–Crippen LogP) is 2.54. The van der Waals surface area contributed by atoms with Crippen LogP contribution in [0.3, 0.4) is 0 Å². The van der Waals surface area contributed by atoms with Gasteiger partial charge >= 0.3 is 0 Å². The third kappa shape index (κ3) is 4.49. The molecule has 0 aliphatic carbocycles. The van der Waals surface area contributed by atoms with E-state index in [-0.39, 0.29) is 0 Å². The van der Waals surface area contributed by atoms with E-state index >= 15 is 0 Å². The Hall–Kier alpha value is -1.48. The molecule has 1 aromatic rings. The average molecular weight is 235 g/mol. The van der Waals surface area contributed by atoms with Crippen molar-refractivity contribution in [3.05, 3.63) is 36.4 Å². The molecular weight excluding hydrogens is 214 g/mol. The molecule has 0 bridgehead atoms. The van der Waals surface area contributed by atoms with Crippen LogP contribution in [0, 0.1) is 0 Å². The Bertz CT molecular complexity index is 350. The number of nitrogens with two attached hydrogens (primary N) is 1. The highest BCUT2D eigenvalue weighted by Gasteiger charge is 2.05. The molecule has 0 aliphatic heterocycles. The maximum absolute atomic E-state index is 5.73. The highest BCUT2D eigenvalue weighted by atomic mass is 16.5. The first-order valence-electron chi connectivity index (χ1n) is 5.92. The van der Waals surface area contributed by atoms with E-state index in [9.17, 15) is 0 Å². The molecule has 0 spiro atoms. The molecule has 0 saturated heterocycles. The number of methoxy groups -OCH3 is 1. The molecule has 0 heterocycles. The molecule has 0 saturated carbocycles. The largest absolute Gasteiger partial charge is 0.497 e. The zero-order valence-corrected chi connectivity index (χ0v) is 10.4. The van der Waals surface area contributed by atoms with Gasteiger partial charge in [0, 0.05) is 0 Å². The molecule has 0 atom stereocenters. The molecule has 0 aliphatic rings. The number of ether oxygens (including phenoxy) is 2. The van der Waals surface area contributed by atoms with Crippen molar-refractivity contribution in [3.63, 3.8) is 0 Å². The molecule has 0 amide bonds. The van der Waals surface area contributed by atoms with Gasteiger partial charge in [0.25, 0.3) is 0 Å². The average Bonchev–Trinajstić information content (AvgIpc) is 2.36. The van der Waals surface area contributed by atoms with Crippen molar-refractivity contribution in [2.75, 3.05) is 20.3 Å². The van der Waals surface area contributed by atoms with E-state index in [1.165, 1.54) is 0 Å². The van der Waals surface area contributed by atoms with Crippen LogP contribution in [0.15, 0.2) is 30.9 Å². The molecular formula is C14H21NO2. The van der Waals surface area contributed by atoms with Crippen molar-refractivity contribution in [2.45, 2.75) is 19.3 Å². The van der Waals surface area contributed by atoms with Crippen molar-refractivity contribution in [2.24, 2.45) is 5.73 Å². The van der Waals surface area contributed by atoms with Crippen LogP contribution in [0.25, 0.3) is 0 Å². The number of unbranched alkanes of at least 4 members (excludes halogenated alkanes) is 1. The van der Waals surface area contributed by atoms with Crippen LogP contribution in [-0.2, 0) is 6.42 Å². The normalized spacial score (nSPS) is 10.0. The van der Waals surface area contributed by atoms with E-state index in [0.717, 1.165) is 36.3 Å². The first kappa shape index (κ1) is 13.6. The molecule has 1 aromatic carbocycles. The molecule has 0 radical (unpaired) electrons. The van der Waals surface area contributed by atoms with E-state index in [2.05, 4.69) is 6.58 Å². The Balaban J connectivity index is 2.65. The van der Waals surface area contributed by atoms with E-state index in [0.29, 0.717) is 13.2 Å². The molecule has 0 unspecified atom stereocenters. The zero-order valence-electron chi connectivity index (χ0n) is 10.4. The highest BCUT2D eigenvalue weighted by Crippen LogP contribution is 2.24. The summed E-state index contributed by atoms with van der Waals surface area (Å²) in [6, 6.07) is 5.83. The third-order valence-corrected chi connectivity index (χ3v) is 2.49. The summed E-state index contributed by atoms with van der Waals surface area (Å²) in [4.78, 5) is 0. The van der Waals surface area contributed by atoms with Gasteiger partial charge in [0.05, 0.1) is 13.7 Å². The third-order valence-electron chi connectivity index (χ3n) is 2.49. The Morgan fingerprint density at radius 1 is 1.41 bits per heavy atom. The molecule has 94 valence electrons. The fourth-order valence-corrected chi connectivity index (χ4v) is 1.58. The van der Waals surface area contributed by atoms with Gasteiger partial charge < -0.3 is 15.2 Å². The quantitative estimate of drug-likeness (QED) is 0.556. The van der Waals surface area contributed by atoms with Crippen molar-refractivity contribution in [1.82, 2.24) is 0 Å². The summed E-state index contributed by atoms with van der Waals surface area (Å²) in [7, 11) is 1.66. The SMILES string of the molecule is C=CCCCOc1ccc(OC)cc1CCN. The first-order valence-corrected chi connectivity index (χ1v) is 5.92. The Kier molecular flexibility index (Phi) is 6.18. The Morgan fingerprint density at radius 2 is 2.24 bits per heavy atom. The fraction of sp³-hybridized carbons (Fsp3) is 0.429. The zero-order chi connectivity index (χ0) is 12.5. The number of rotatable bonds is 8. The Morgan fingerprint density at radius 3 is 2.88 bits per heavy atom. The van der Waals surface area contributed by atoms with Gasteiger partial charge in [0.2, 0.25) is 0 Å². The molecule has 17 heavy (non-hydrogen) atoms. The Labute approximate surface area is 103 Å². The summed E-state index contributed by atoms with van der Waals surface area (Å²) in [6.45, 7) is 5.00. The highest BCUT2D eigenvalue weighted by molar-refractivity contribution is 5.40. The van der Waals surface area contributed by atoms with E-state index in [1.807, 2.05) is 24.3 Å².